The fourth-order valence-electron chi connectivity index (χ4n) is 3.28. The first kappa shape index (κ1) is 20.3. The van der Waals surface area contributed by atoms with Gasteiger partial charge in [-0.25, -0.2) is 0 Å². The molecule has 0 radical (unpaired) electrons. The molecule has 1 N–H and O–H groups in total. The van der Waals surface area contributed by atoms with E-state index in [0.29, 0.717) is 23.8 Å². The van der Waals surface area contributed by atoms with Gasteiger partial charge in [0.2, 0.25) is 5.75 Å². The average Bonchev–Trinajstić information content (AvgIpc) is 3.25. The van der Waals surface area contributed by atoms with Crippen molar-refractivity contribution >= 4 is 17.3 Å². The molecule has 8 heteroatoms. The van der Waals surface area contributed by atoms with Crippen LogP contribution in [0.5, 0.6) is 17.2 Å². The lowest BCUT2D eigenvalue weighted by molar-refractivity contribution is 0.174. The predicted octanol–water partition coefficient (Wildman–Crippen LogP) is 2.50. The Morgan fingerprint density at radius 2 is 1.75 bits per heavy atom. The summed E-state index contributed by atoms with van der Waals surface area (Å²) in [7, 11) is 4.88. The number of piperazine rings is 1. The van der Waals surface area contributed by atoms with E-state index in [0.717, 1.165) is 49.2 Å². The van der Waals surface area contributed by atoms with Crippen molar-refractivity contribution < 1.29 is 18.6 Å². The summed E-state index contributed by atoms with van der Waals surface area (Å²) >= 11 is 5.52. The summed E-state index contributed by atoms with van der Waals surface area (Å²) in [6.45, 7) is 5.05. The first-order valence-corrected chi connectivity index (χ1v) is 9.61. The van der Waals surface area contributed by atoms with Crippen LogP contribution >= 0.6 is 12.2 Å². The summed E-state index contributed by atoms with van der Waals surface area (Å²) in [6, 6.07) is 7.82. The van der Waals surface area contributed by atoms with Gasteiger partial charge in [0.25, 0.3) is 0 Å². The molecule has 1 saturated heterocycles. The number of rotatable bonds is 7. The van der Waals surface area contributed by atoms with Crippen LogP contribution in [0.25, 0.3) is 0 Å². The topological polar surface area (TPSA) is 59.3 Å². The minimum atomic E-state index is 0.609. The monoisotopic (exact) mass is 405 g/mol. The Labute approximate surface area is 171 Å². The number of ether oxygens (including phenoxy) is 3. The van der Waals surface area contributed by atoms with Gasteiger partial charge in [-0.1, -0.05) is 0 Å². The first-order valence-electron chi connectivity index (χ1n) is 9.21. The zero-order valence-electron chi connectivity index (χ0n) is 16.6. The number of thiocarbonyl (C=S) groups is 1. The molecule has 2 aromatic rings. The molecular weight excluding hydrogens is 378 g/mol. The van der Waals surface area contributed by atoms with Crippen LogP contribution in [0.1, 0.15) is 11.3 Å². The Balaban J connectivity index is 1.53. The third-order valence-corrected chi connectivity index (χ3v) is 5.19. The minimum Gasteiger partial charge on any atom is -0.493 e. The lowest BCUT2D eigenvalue weighted by Gasteiger charge is -2.36. The van der Waals surface area contributed by atoms with Crippen molar-refractivity contribution in [2.75, 3.05) is 47.5 Å². The molecule has 3 rings (SSSR count). The zero-order valence-corrected chi connectivity index (χ0v) is 17.4. The van der Waals surface area contributed by atoms with Crippen molar-refractivity contribution in [3.63, 3.8) is 0 Å². The Hall–Kier alpha value is -2.45. The average molecular weight is 406 g/mol. The highest BCUT2D eigenvalue weighted by molar-refractivity contribution is 7.80. The summed E-state index contributed by atoms with van der Waals surface area (Å²) in [4.78, 5) is 4.59. The normalized spacial score (nSPS) is 14.6. The third kappa shape index (κ3) is 4.88. The van der Waals surface area contributed by atoms with Gasteiger partial charge < -0.3 is 28.8 Å². The summed E-state index contributed by atoms with van der Waals surface area (Å²) in [5.41, 5.74) is 1.13. The van der Waals surface area contributed by atoms with Gasteiger partial charge in [-0.3, -0.25) is 4.90 Å². The number of hydrogen-bond donors (Lipinski definition) is 1. The highest BCUT2D eigenvalue weighted by Gasteiger charge is 2.20. The van der Waals surface area contributed by atoms with Crippen molar-refractivity contribution in [2.24, 2.45) is 0 Å². The van der Waals surface area contributed by atoms with Crippen LogP contribution in [-0.2, 0) is 13.1 Å². The van der Waals surface area contributed by atoms with E-state index in [4.69, 9.17) is 30.8 Å². The Morgan fingerprint density at radius 1 is 1.07 bits per heavy atom. The van der Waals surface area contributed by atoms with Gasteiger partial charge in [0.05, 0.1) is 34.1 Å². The molecule has 152 valence electrons. The number of furan rings is 1. The van der Waals surface area contributed by atoms with Gasteiger partial charge in [-0.05, 0) is 42.0 Å². The Kier molecular flexibility index (Phi) is 7.00. The van der Waals surface area contributed by atoms with E-state index >= 15 is 0 Å². The van der Waals surface area contributed by atoms with Crippen LogP contribution in [-0.4, -0.2) is 62.4 Å². The van der Waals surface area contributed by atoms with E-state index in [1.165, 1.54) is 0 Å². The van der Waals surface area contributed by atoms with Crippen molar-refractivity contribution in [3.05, 3.63) is 41.9 Å². The summed E-state index contributed by atoms with van der Waals surface area (Å²) in [5, 5.41) is 4.03. The van der Waals surface area contributed by atoms with E-state index < -0.39 is 0 Å². The van der Waals surface area contributed by atoms with Gasteiger partial charge in [0.1, 0.15) is 5.76 Å². The van der Waals surface area contributed by atoms with Gasteiger partial charge in [-0.2, -0.15) is 0 Å². The summed E-state index contributed by atoms with van der Waals surface area (Å²) in [5.74, 6) is 2.85. The largest absolute Gasteiger partial charge is 0.493 e. The number of methoxy groups -OCH3 is 3. The second-order valence-corrected chi connectivity index (χ2v) is 6.92. The van der Waals surface area contributed by atoms with Gasteiger partial charge in [0, 0.05) is 32.7 Å². The molecule has 1 aromatic carbocycles. The molecule has 1 aromatic heterocycles. The molecular formula is C20H27N3O4S. The Morgan fingerprint density at radius 3 is 2.29 bits per heavy atom. The second kappa shape index (κ2) is 9.66. The zero-order chi connectivity index (χ0) is 19.9. The molecule has 0 atom stereocenters. The lowest BCUT2D eigenvalue weighted by atomic mass is 10.1. The van der Waals surface area contributed by atoms with Gasteiger partial charge in [-0.15, -0.1) is 0 Å². The highest BCUT2D eigenvalue weighted by Crippen LogP contribution is 2.38. The minimum absolute atomic E-state index is 0.609. The maximum atomic E-state index is 5.52. The molecule has 0 saturated carbocycles. The molecule has 7 nitrogen and oxygen atoms in total. The molecule has 0 aliphatic carbocycles. The maximum Gasteiger partial charge on any atom is 0.203 e. The second-order valence-electron chi connectivity index (χ2n) is 6.53. The van der Waals surface area contributed by atoms with E-state index in [1.54, 1.807) is 27.6 Å². The third-order valence-electron chi connectivity index (χ3n) is 4.78. The highest BCUT2D eigenvalue weighted by atomic mass is 32.1. The standard InChI is InChI=1S/C20H27N3O4S/c1-24-17-11-15(12-18(25-2)19(17)26-3)14-22-6-8-23(9-7-22)20(28)21-13-16-5-4-10-27-16/h4-5,10-12H,6-9,13-14H2,1-3H3,(H,21,28). The quantitative estimate of drug-likeness (QED) is 0.705. The fraction of sp³-hybridized carbons (Fsp3) is 0.450. The van der Waals surface area contributed by atoms with Crippen LogP contribution in [0.2, 0.25) is 0 Å². The molecule has 0 bridgehead atoms. The number of benzene rings is 1. The number of nitrogens with one attached hydrogen (secondary N) is 1. The molecule has 1 aliphatic rings. The molecule has 1 aliphatic heterocycles. The van der Waals surface area contributed by atoms with Gasteiger partial charge in [0.15, 0.2) is 16.6 Å². The molecule has 28 heavy (non-hydrogen) atoms. The molecule has 2 heterocycles. The van der Waals surface area contributed by atoms with Crippen LogP contribution in [0.15, 0.2) is 34.9 Å². The van der Waals surface area contributed by atoms with E-state index in [2.05, 4.69) is 15.1 Å². The number of hydrogen-bond acceptors (Lipinski definition) is 6. The van der Waals surface area contributed by atoms with Crippen molar-refractivity contribution in [2.45, 2.75) is 13.1 Å². The van der Waals surface area contributed by atoms with Crippen LogP contribution in [0, 0.1) is 0 Å². The lowest BCUT2D eigenvalue weighted by Crippen LogP contribution is -2.51. The SMILES string of the molecule is COc1cc(CN2CCN(C(=S)NCc3ccco3)CC2)cc(OC)c1OC. The molecule has 0 spiro atoms. The number of nitrogens with zero attached hydrogens (tertiary/aromatic N) is 2. The molecule has 1 fully saturated rings. The van der Waals surface area contributed by atoms with E-state index in [1.807, 2.05) is 24.3 Å². The summed E-state index contributed by atoms with van der Waals surface area (Å²) in [6.07, 6.45) is 1.67. The molecule has 0 unspecified atom stereocenters. The first-order chi connectivity index (χ1) is 13.6. The van der Waals surface area contributed by atoms with Crippen molar-refractivity contribution in [1.82, 2.24) is 15.1 Å². The Bertz CT molecular complexity index is 749. The fourth-order valence-corrected chi connectivity index (χ4v) is 3.54. The molecule has 0 amide bonds. The smallest absolute Gasteiger partial charge is 0.203 e. The maximum absolute atomic E-state index is 5.52. The van der Waals surface area contributed by atoms with Crippen LogP contribution < -0.4 is 19.5 Å². The van der Waals surface area contributed by atoms with E-state index in [9.17, 15) is 0 Å². The van der Waals surface area contributed by atoms with Crippen molar-refractivity contribution in [3.8, 4) is 17.2 Å². The summed E-state index contributed by atoms with van der Waals surface area (Å²) < 4.78 is 21.6. The van der Waals surface area contributed by atoms with Gasteiger partial charge >= 0.3 is 0 Å². The van der Waals surface area contributed by atoms with Crippen LogP contribution in [0.3, 0.4) is 0 Å². The van der Waals surface area contributed by atoms with Crippen LogP contribution in [0.4, 0.5) is 0 Å². The van der Waals surface area contributed by atoms with E-state index in [-0.39, 0.29) is 0 Å². The van der Waals surface area contributed by atoms with Crippen molar-refractivity contribution in [1.29, 1.82) is 0 Å². The predicted molar refractivity (Wildman–Crippen MR) is 111 cm³/mol.